The van der Waals surface area contributed by atoms with Crippen LogP contribution in [0.25, 0.3) is 6.08 Å². The smallest absolute Gasteiger partial charge is 0.316 e. The van der Waals surface area contributed by atoms with Gasteiger partial charge in [0.15, 0.2) is 0 Å². The van der Waals surface area contributed by atoms with E-state index < -0.39 is 0 Å². The molecule has 2 heterocycles. The van der Waals surface area contributed by atoms with Crippen molar-refractivity contribution in [1.29, 1.82) is 0 Å². The molecule has 1 fully saturated rings. The first-order valence-electron chi connectivity index (χ1n) is 6.66. The molecule has 2 rings (SSSR count). The van der Waals surface area contributed by atoms with Gasteiger partial charge in [-0.3, -0.25) is 4.79 Å². The standard InChI is InChI=1S/C14H19N3O4/c1-20-12-5-11(9-18)17(8-12)13(19)4-3-10-6-15-14(21-2)16-7-10/h3-4,6-7,11-12,18H,5,8-9H2,1-2H3/b4-3+/t11-,12+/m0/s1. The van der Waals surface area contributed by atoms with E-state index in [0.717, 1.165) is 0 Å². The molecule has 0 aromatic carbocycles. The Hall–Kier alpha value is -1.99. The maximum Gasteiger partial charge on any atom is 0.316 e. The van der Waals surface area contributed by atoms with E-state index in [2.05, 4.69) is 9.97 Å². The van der Waals surface area contributed by atoms with Crippen LogP contribution in [0, 0.1) is 0 Å². The summed E-state index contributed by atoms with van der Waals surface area (Å²) in [6.07, 6.45) is 6.85. The molecule has 0 aliphatic carbocycles. The topological polar surface area (TPSA) is 84.8 Å². The minimum atomic E-state index is -0.195. The second-order valence-electron chi connectivity index (χ2n) is 4.76. The third-order valence-corrected chi connectivity index (χ3v) is 3.45. The maximum absolute atomic E-state index is 12.2. The van der Waals surface area contributed by atoms with Gasteiger partial charge in [0.05, 0.1) is 25.9 Å². The monoisotopic (exact) mass is 293 g/mol. The van der Waals surface area contributed by atoms with E-state index in [1.54, 1.807) is 30.5 Å². The fourth-order valence-corrected chi connectivity index (χ4v) is 2.27. The molecule has 0 unspecified atom stereocenters. The normalized spacial score (nSPS) is 22.0. The molecule has 7 nitrogen and oxygen atoms in total. The van der Waals surface area contributed by atoms with E-state index in [0.29, 0.717) is 18.5 Å². The van der Waals surface area contributed by atoms with Gasteiger partial charge in [0, 0.05) is 37.7 Å². The number of rotatable bonds is 5. The highest BCUT2D eigenvalue weighted by Crippen LogP contribution is 2.20. The van der Waals surface area contributed by atoms with Gasteiger partial charge in [-0.2, -0.15) is 0 Å². The van der Waals surface area contributed by atoms with E-state index in [9.17, 15) is 9.90 Å². The molecule has 114 valence electrons. The molecule has 21 heavy (non-hydrogen) atoms. The van der Waals surface area contributed by atoms with Crippen molar-refractivity contribution in [2.45, 2.75) is 18.6 Å². The number of carbonyl (C=O) groups excluding carboxylic acids is 1. The maximum atomic E-state index is 12.2. The lowest BCUT2D eigenvalue weighted by atomic mass is 10.2. The summed E-state index contributed by atoms with van der Waals surface area (Å²) in [4.78, 5) is 21.7. The second kappa shape index (κ2) is 7.14. The van der Waals surface area contributed by atoms with Crippen molar-refractivity contribution >= 4 is 12.0 Å². The molecule has 0 saturated carbocycles. The Labute approximate surface area is 123 Å². The number of hydrogen-bond acceptors (Lipinski definition) is 6. The number of aliphatic hydroxyl groups excluding tert-OH is 1. The van der Waals surface area contributed by atoms with Gasteiger partial charge in [0.25, 0.3) is 0 Å². The summed E-state index contributed by atoms with van der Waals surface area (Å²) in [6.45, 7) is 0.426. The predicted octanol–water partition coefficient (Wildman–Crippen LogP) is 0.107. The number of carbonyl (C=O) groups is 1. The number of ether oxygens (including phenoxy) is 2. The van der Waals surface area contributed by atoms with Gasteiger partial charge in [-0.05, 0) is 12.5 Å². The van der Waals surface area contributed by atoms with Crippen molar-refractivity contribution in [1.82, 2.24) is 14.9 Å². The number of aromatic nitrogens is 2. The molecule has 7 heteroatoms. The van der Waals surface area contributed by atoms with Crippen LogP contribution in [0.5, 0.6) is 6.01 Å². The van der Waals surface area contributed by atoms with Crippen LogP contribution in [-0.2, 0) is 9.53 Å². The summed E-state index contributed by atoms with van der Waals surface area (Å²) in [7, 11) is 3.10. The highest BCUT2D eigenvalue weighted by molar-refractivity contribution is 5.92. The van der Waals surface area contributed by atoms with Gasteiger partial charge >= 0.3 is 6.01 Å². The lowest BCUT2D eigenvalue weighted by molar-refractivity contribution is -0.127. The van der Waals surface area contributed by atoms with Gasteiger partial charge in [0.1, 0.15) is 0 Å². The van der Waals surface area contributed by atoms with Crippen LogP contribution in [0.15, 0.2) is 18.5 Å². The fourth-order valence-electron chi connectivity index (χ4n) is 2.27. The highest BCUT2D eigenvalue weighted by Gasteiger charge is 2.33. The molecule has 1 aromatic heterocycles. The van der Waals surface area contributed by atoms with Gasteiger partial charge in [-0.25, -0.2) is 9.97 Å². The Bertz CT molecular complexity index is 503. The van der Waals surface area contributed by atoms with Crippen LogP contribution in [0.2, 0.25) is 0 Å². The molecule has 0 radical (unpaired) electrons. The molecular formula is C14H19N3O4. The molecular weight excluding hydrogens is 274 g/mol. The zero-order chi connectivity index (χ0) is 15.2. The minimum Gasteiger partial charge on any atom is -0.467 e. The predicted molar refractivity (Wildman–Crippen MR) is 75.6 cm³/mol. The van der Waals surface area contributed by atoms with Crippen LogP contribution in [-0.4, -0.2) is 65.4 Å². The molecule has 0 spiro atoms. The van der Waals surface area contributed by atoms with Crippen LogP contribution in [0.3, 0.4) is 0 Å². The molecule has 1 saturated heterocycles. The number of amides is 1. The Morgan fingerprint density at radius 2 is 2.19 bits per heavy atom. The van der Waals surface area contributed by atoms with E-state index in [-0.39, 0.29) is 30.7 Å². The third kappa shape index (κ3) is 3.77. The van der Waals surface area contributed by atoms with Crippen LogP contribution < -0.4 is 4.74 Å². The first kappa shape index (κ1) is 15.4. The summed E-state index contributed by atoms with van der Waals surface area (Å²) >= 11 is 0. The van der Waals surface area contributed by atoms with E-state index in [4.69, 9.17) is 9.47 Å². The zero-order valence-corrected chi connectivity index (χ0v) is 12.1. The van der Waals surface area contributed by atoms with Crippen molar-refractivity contribution < 1.29 is 19.4 Å². The van der Waals surface area contributed by atoms with Crippen molar-refractivity contribution in [3.05, 3.63) is 24.0 Å². The molecule has 2 atom stereocenters. The van der Waals surface area contributed by atoms with E-state index >= 15 is 0 Å². The first-order valence-corrected chi connectivity index (χ1v) is 6.66. The SMILES string of the molecule is COc1ncc(/C=C/C(=O)N2C[C@H](OC)C[C@H]2CO)cn1. The fraction of sp³-hybridized carbons (Fsp3) is 0.500. The van der Waals surface area contributed by atoms with Crippen molar-refractivity contribution in [3.63, 3.8) is 0 Å². The Kier molecular flexibility index (Phi) is 5.24. The Morgan fingerprint density at radius 1 is 1.48 bits per heavy atom. The summed E-state index contributed by atoms with van der Waals surface area (Å²) in [5.41, 5.74) is 0.701. The summed E-state index contributed by atoms with van der Waals surface area (Å²) < 4.78 is 10.1. The molecule has 1 amide bonds. The number of aliphatic hydroxyl groups is 1. The summed E-state index contributed by atoms with van der Waals surface area (Å²) in [5.74, 6) is -0.163. The summed E-state index contributed by atoms with van der Waals surface area (Å²) in [5, 5.41) is 9.33. The Morgan fingerprint density at radius 3 is 2.76 bits per heavy atom. The average molecular weight is 293 g/mol. The Balaban J connectivity index is 2.00. The molecule has 1 aliphatic heterocycles. The number of nitrogens with zero attached hydrogens (tertiary/aromatic N) is 3. The minimum absolute atomic E-state index is 0.0242. The number of hydrogen-bond donors (Lipinski definition) is 1. The van der Waals surface area contributed by atoms with Gasteiger partial charge in [-0.1, -0.05) is 0 Å². The largest absolute Gasteiger partial charge is 0.467 e. The number of methoxy groups -OCH3 is 2. The lowest BCUT2D eigenvalue weighted by Crippen LogP contribution is -2.36. The van der Waals surface area contributed by atoms with Crippen molar-refractivity contribution in [2.75, 3.05) is 27.4 Å². The quantitative estimate of drug-likeness (QED) is 0.775. The van der Waals surface area contributed by atoms with Crippen molar-refractivity contribution in [3.8, 4) is 6.01 Å². The zero-order valence-electron chi connectivity index (χ0n) is 12.1. The van der Waals surface area contributed by atoms with Crippen LogP contribution >= 0.6 is 0 Å². The van der Waals surface area contributed by atoms with Crippen LogP contribution in [0.4, 0.5) is 0 Å². The van der Waals surface area contributed by atoms with Gasteiger partial charge in [-0.15, -0.1) is 0 Å². The molecule has 0 bridgehead atoms. The molecule has 1 aliphatic rings. The average Bonchev–Trinajstić information content (AvgIpc) is 2.96. The number of likely N-dealkylation sites (tertiary alicyclic amines) is 1. The first-order chi connectivity index (χ1) is 10.2. The van der Waals surface area contributed by atoms with Crippen molar-refractivity contribution in [2.24, 2.45) is 0 Å². The van der Waals surface area contributed by atoms with Crippen LogP contribution in [0.1, 0.15) is 12.0 Å². The lowest BCUT2D eigenvalue weighted by Gasteiger charge is -2.20. The molecule has 1 N–H and O–H groups in total. The second-order valence-corrected chi connectivity index (χ2v) is 4.76. The molecule has 1 aromatic rings. The van der Waals surface area contributed by atoms with Gasteiger partial charge in [0.2, 0.25) is 5.91 Å². The summed E-state index contributed by atoms with van der Waals surface area (Å²) in [6, 6.07) is 0.0838. The van der Waals surface area contributed by atoms with E-state index in [1.807, 2.05) is 0 Å². The highest BCUT2D eigenvalue weighted by atomic mass is 16.5. The van der Waals surface area contributed by atoms with Gasteiger partial charge < -0.3 is 19.5 Å². The van der Waals surface area contributed by atoms with E-state index in [1.165, 1.54) is 13.2 Å². The third-order valence-electron chi connectivity index (χ3n) is 3.45.